The molecule has 2 N–H and O–H groups in total. The van der Waals surface area contributed by atoms with Crippen LogP contribution in [0.4, 0.5) is 8.78 Å². The van der Waals surface area contributed by atoms with Gasteiger partial charge >= 0.3 is 0 Å². The van der Waals surface area contributed by atoms with Crippen molar-refractivity contribution in [1.29, 1.82) is 0 Å². The van der Waals surface area contributed by atoms with E-state index in [1.165, 1.54) is 0 Å². The molecule has 6 heteroatoms. The molecule has 4 nitrogen and oxygen atoms in total. The van der Waals surface area contributed by atoms with Crippen molar-refractivity contribution in [2.24, 2.45) is 45.4 Å². The molecule has 4 aliphatic rings. The quantitative estimate of drug-likeness (QED) is 0.558. The van der Waals surface area contributed by atoms with Crippen LogP contribution in [0.3, 0.4) is 0 Å². The molecule has 0 amide bonds. The Morgan fingerprint density at radius 1 is 1.18 bits per heavy atom. The van der Waals surface area contributed by atoms with Gasteiger partial charge in [-0.2, -0.15) is 8.78 Å². The molecule has 0 heterocycles. The minimum Gasteiger partial charge on any atom is -0.395 e. The van der Waals surface area contributed by atoms with Crippen LogP contribution in [0.5, 0.6) is 0 Å². The zero-order valence-electron chi connectivity index (χ0n) is 17.0. The summed E-state index contributed by atoms with van der Waals surface area (Å²) in [6.45, 7) is 5.05. The second-order valence-electron chi connectivity index (χ2n) is 9.83. The number of carbonyl (C=O) groups excluding carboxylic acids is 1. The Morgan fingerprint density at radius 2 is 1.96 bits per heavy atom. The van der Waals surface area contributed by atoms with Crippen LogP contribution in [0.2, 0.25) is 0 Å². The van der Waals surface area contributed by atoms with Gasteiger partial charge < -0.3 is 10.6 Å². The molecule has 0 spiro atoms. The van der Waals surface area contributed by atoms with Crippen molar-refractivity contribution in [3.8, 4) is 0 Å². The van der Waals surface area contributed by atoms with Gasteiger partial charge in [0.1, 0.15) is 12.4 Å². The first-order valence-electron chi connectivity index (χ1n) is 10.8. The van der Waals surface area contributed by atoms with E-state index < -0.39 is 6.08 Å². The SMILES string of the molecule is C[C@]12CCC(=NOCCN)C[C@@H]1C(=C(F)F)C[C@@H]1[C@@H]2CC[C@]2(C)C(=O)CC[C@@H]12. The maximum Gasteiger partial charge on any atom is 0.269 e. The fraction of sp³-hybridized carbons (Fsp3) is 0.818. The number of nitrogens with zero attached hydrogens (tertiary/aromatic N) is 1. The van der Waals surface area contributed by atoms with E-state index in [4.69, 9.17) is 10.6 Å². The zero-order chi connectivity index (χ0) is 20.1. The first-order chi connectivity index (χ1) is 13.3. The fourth-order valence-corrected chi connectivity index (χ4v) is 7.16. The van der Waals surface area contributed by atoms with Gasteiger partial charge in [0, 0.05) is 18.4 Å². The number of nitrogens with two attached hydrogens (primary N) is 1. The van der Waals surface area contributed by atoms with Gasteiger partial charge in [-0.3, -0.25) is 4.79 Å². The van der Waals surface area contributed by atoms with Gasteiger partial charge in [0.15, 0.2) is 0 Å². The molecular weight excluding hydrogens is 362 g/mol. The van der Waals surface area contributed by atoms with Gasteiger partial charge in [0.2, 0.25) is 0 Å². The predicted molar refractivity (Wildman–Crippen MR) is 104 cm³/mol. The van der Waals surface area contributed by atoms with Crippen molar-refractivity contribution in [3.63, 3.8) is 0 Å². The maximum atomic E-state index is 14.1. The molecular formula is C22H32F2N2O2. The lowest BCUT2D eigenvalue weighted by Crippen LogP contribution is -2.54. The lowest BCUT2D eigenvalue weighted by atomic mass is 9.44. The lowest BCUT2D eigenvalue weighted by Gasteiger charge is -2.59. The van der Waals surface area contributed by atoms with Gasteiger partial charge in [0.05, 0.1) is 5.71 Å². The summed E-state index contributed by atoms with van der Waals surface area (Å²) in [5.41, 5.74) is 6.20. The number of allylic oxidation sites excluding steroid dienone is 1. The molecule has 0 bridgehead atoms. The summed E-state index contributed by atoms with van der Waals surface area (Å²) in [4.78, 5) is 17.8. The number of hydrogen-bond donors (Lipinski definition) is 1. The van der Waals surface area contributed by atoms with E-state index >= 15 is 0 Å². The summed E-state index contributed by atoms with van der Waals surface area (Å²) in [7, 11) is 0. The Kier molecular flexibility index (Phi) is 5.13. The molecule has 0 aromatic rings. The molecule has 0 radical (unpaired) electrons. The van der Waals surface area contributed by atoms with Crippen LogP contribution in [0.25, 0.3) is 0 Å². The first kappa shape index (κ1) is 20.0. The smallest absolute Gasteiger partial charge is 0.269 e. The van der Waals surface area contributed by atoms with Gasteiger partial charge in [-0.15, -0.1) is 0 Å². The topological polar surface area (TPSA) is 64.7 Å². The average Bonchev–Trinajstić information content (AvgIpc) is 2.96. The third-order valence-corrected chi connectivity index (χ3v) is 8.70. The Balaban J connectivity index is 1.65. The number of halogens is 2. The van der Waals surface area contributed by atoms with Crippen molar-refractivity contribution in [3.05, 3.63) is 11.7 Å². The molecule has 156 valence electrons. The van der Waals surface area contributed by atoms with Gasteiger partial charge in [-0.1, -0.05) is 19.0 Å². The first-order valence-corrected chi connectivity index (χ1v) is 10.8. The molecule has 0 aliphatic heterocycles. The Labute approximate surface area is 165 Å². The van der Waals surface area contributed by atoms with Crippen LogP contribution in [0.1, 0.15) is 65.2 Å². The van der Waals surface area contributed by atoms with Crippen molar-refractivity contribution in [2.75, 3.05) is 13.2 Å². The van der Waals surface area contributed by atoms with Gasteiger partial charge in [-0.25, -0.2) is 0 Å². The van der Waals surface area contributed by atoms with E-state index in [2.05, 4.69) is 19.0 Å². The van der Waals surface area contributed by atoms with Crippen molar-refractivity contribution in [1.82, 2.24) is 0 Å². The van der Waals surface area contributed by atoms with E-state index in [0.717, 1.165) is 37.8 Å². The van der Waals surface area contributed by atoms with Crippen molar-refractivity contribution >= 4 is 11.5 Å². The van der Waals surface area contributed by atoms with E-state index in [1.54, 1.807) is 0 Å². The highest BCUT2D eigenvalue weighted by Gasteiger charge is 2.61. The second-order valence-corrected chi connectivity index (χ2v) is 9.83. The third kappa shape index (κ3) is 2.94. The minimum absolute atomic E-state index is 0.151. The number of ketones is 1. The van der Waals surface area contributed by atoms with Crippen LogP contribution in [-0.2, 0) is 9.63 Å². The summed E-state index contributed by atoms with van der Waals surface area (Å²) in [5.74, 6) is 1.05. The standard InChI is InChI=1S/C22H32F2N2O2/c1-21-7-5-13(26-28-10-9-25)11-18(21)15(20(23)24)12-14-16-3-4-19(27)22(16,2)8-6-17(14)21/h14,16-18H,3-12,25H2,1-2H3/t14-,16-,17-,18+,21+,22-/m0/s1. The number of Topliss-reactive ketones (excluding diaryl/α,β-unsaturated/α-hetero) is 1. The molecule has 0 unspecified atom stereocenters. The van der Waals surface area contributed by atoms with Crippen molar-refractivity contribution < 1.29 is 18.4 Å². The molecule has 4 rings (SSSR count). The van der Waals surface area contributed by atoms with E-state index in [0.29, 0.717) is 49.7 Å². The molecule has 0 aromatic carbocycles. The normalized spacial score (nSPS) is 44.1. The van der Waals surface area contributed by atoms with Crippen LogP contribution >= 0.6 is 0 Å². The predicted octanol–water partition coefficient (Wildman–Crippen LogP) is 4.69. The summed E-state index contributed by atoms with van der Waals surface area (Å²) in [6, 6.07) is 0. The van der Waals surface area contributed by atoms with E-state index in [9.17, 15) is 13.6 Å². The summed E-state index contributed by atoms with van der Waals surface area (Å²) in [6.07, 6.45) is 4.52. The van der Waals surface area contributed by atoms with Crippen LogP contribution in [0, 0.1) is 34.5 Å². The van der Waals surface area contributed by atoms with E-state index in [1.807, 2.05) is 0 Å². The Hall–Kier alpha value is -1.30. The Bertz CT molecular complexity index is 717. The summed E-state index contributed by atoms with van der Waals surface area (Å²) < 4.78 is 28.2. The molecule has 6 atom stereocenters. The lowest BCUT2D eigenvalue weighted by molar-refractivity contribution is -0.134. The van der Waals surface area contributed by atoms with Gasteiger partial charge in [0.25, 0.3) is 6.08 Å². The van der Waals surface area contributed by atoms with E-state index in [-0.39, 0.29) is 28.6 Å². The number of rotatable bonds is 3. The molecule has 4 fully saturated rings. The molecule has 28 heavy (non-hydrogen) atoms. The molecule has 4 aliphatic carbocycles. The molecule has 0 saturated heterocycles. The molecule has 4 saturated carbocycles. The number of carbonyl (C=O) groups is 1. The monoisotopic (exact) mass is 394 g/mol. The van der Waals surface area contributed by atoms with Crippen molar-refractivity contribution in [2.45, 2.75) is 65.2 Å². The summed E-state index contributed by atoms with van der Waals surface area (Å²) >= 11 is 0. The maximum absolute atomic E-state index is 14.1. The van der Waals surface area contributed by atoms with Crippen LogP contribution < -0.4 is 5.73 Å². The minimum atomic E-state index is -1.52. The largest absolute Gasteiger partial charge is 0.395 e. The van der Waals surface area contributed by atoms with Crippen LogP contribution in [-0.4, -0.2) is 24.6 Å². The highest BCUT2D eigenvalue weighted by molar-refractivity contribution is 5.87. The number of hydrogen-bond acceptors (Lipinski definition) is 4. The second kappa shape index (κ2) is 7.19. The highest BCUT2D eigenvalue weighted by atomic mass is 19.3. The number of fused-ring (bicyclic) bond motifs is 5. The summed E-state index contributed by atoms with van der Waals surface area (Å²) in [5, 5.41) is 4.19. The van der Waals surface area contributed by atoms with Crippen LogP contribution in [0.15, 0.2) is 16.8 Å². The number of oxime groups is 1. The Morgan fingerprint density at radius 3 is 2.68 bits per heavy atom. The fourth-order valence-electron chi connectivity index (χ4n) is 7.16. The zero-order valence-corrected chi connectivity index (χ0v) is 17.0. The highest BCUT2D eigenvalue weighted by Crippen LogP contribution is 2.66. The third-order valence-electron chi connectivity index (χ3n) is 8.70. The average molecular weight is 395 g/mol. The van der Waals surface area contributed by atoms with Gasteiger partial charge in [-0.05, 0) is 79.6 Å². The molecule has 0 aromatic heterocycles.